The molecule has 0 unspecified atom stereocenters. The highest BCUT2D eigenvalue weighted by Crippen LogP contribution is 2.35. The third-order valence-electron chi connectivity index (χ3n) is 4.96. The highest BCUT2D eigenvalue weighted by Gasteiger charge is 2.28. The van der Waals surface area contributed by atoms with E-state index in [9.17, 15) is 13.2 Å². The number of alkyl halides is 3. The number of rotatable bonds is 9. The van der Waals surface area contributed by atoms with Crippen molar-refractivity contribution in [1.29, 1.82) is 0 Å². The number of ether oxygens (including phenoxy) is 3. The van der Waals surface area contributed by atoms with Crippen molar-refractivity contribution in [3.05, 3.63) is 71.5 Å². The van der Waals surface area contributed by atoms with Gasteiger partial charge in [-0.2, -0.15) is 13.2 Å². The average molecular weight is 490 g/mol. The number of nitrogens with one attached hydrogen (secondary N) is 1. The number of halogens is 3. The molecule has 0 saturated heterocycles. The quantitative estimate of drug-likeness (QED) is 0.287. The molecule has 2 heterocycles. The van der Waals surface area contributed by atoms with Crippen LogP contribution in [0.4, 0.5) is 13.2 Å². The normalized spacial score (nSPS) is 11.6. The van der Waals surface area contributed by atoms with Gasteiger partial charge in [0.05, 0.1) is 30.0 Å². The van der Waals surface area contributed by atoms with E-state index in [-0.39, 0.29) is 5.75 Å². The van der Waals surface area contributed by atoms with E-state index in [0.29, 0.717) is 40.0 Å². The molecule has 0 aliphatic rings. The number of aromatic amines is 1. The van der Waals surface area contributed by atoms with Gasteiger partial charge in [-0.05, 0) is 24.6 Å². The molecule has 1 N–H and O–H groups in total. The number of nitrogens with zero attached hydrogens (tertiary/aromatic N) is 2. The molecule has 178 valence electrons. The molecule has 0 radical (unpaired) electrons. The van der Waals surface area contributed by atoms with Gasteiger partial charge in [0.25, 0.3) is 0 Å². The Morgan fingerprint density at radius 2 is 1.85 bits per heavy atom. The molecule has 4 rings (SSSR count). The summed E-state index contributed by atoms with van der Waals surface area (Å²) < 4.78 is 53.5. The van der Waals surface area contributed by atoms with Crippen molar-refractivity contribution in [2.45, 2.75) is 30.6 Å². The zero-order chi connectivity index (χ0) is 24.1. The predicted octanol–water partition coefficient (Wildman–Crippen LogP) is 6.09. The van der Waals surface area contributed by atoms with Crippen LogP contribution in [0, 0.1) is 6.92 Å². The Balaban J connectivity index is 1.46. The summed E-state index contributed by atoms with van der Waals surface area (Å²) >= 11 is 1.43. The van der Waals surface area contributed by atoms with Crippen LogP contribution in [-0.4, -0.2) is 34.8 Å². The number of aromatic nitrogens is 3. The van der Waals surface area contributed by atoms with Crippen molar-refractivity contribution < 1.29 is 27.4 Å². The second-order valence-electron chi connectivity index (χ2n) is 7.42. The summed E-state index contributed by atoms with van der Waals surface area (Å²) in [6.07, 6.45) is -2.76. The Labute approximate surface area is 198 Å². The first kappa shape index (κ1) is 23.7. The Kier molecular flexibility index (Phi) is 7.16. The molecule has 0 aliphatic heterocycles. The maximum absolute atomic E-state index is 12.4. The average Bonchev–Trinajstić information content (AvgIpc) is 3.23. The van der Waals surface area contributed by atoms with Crippen LogP contribution in [-0.2, 0) is 12.4 Å². The van der Waals surface area contributed by atoms with Gasteiger partial charge in [-0.1, -0.05) is 42.1 Å². The second kappa shape index (κ2) is 10.3. The van der Waals surface area contributed by atoms with Gasteiger partial charge in [0, 0.05) is 17.4 Å². The molecule has 6 nitrogen and oxygen atoms in total. The van der Waals surface area contributed by atoms with Gasteiger partial charge in [0.2, 0.25) is 0 Å². The van der Waals surface area contributed by atoms with Crippen LogP contribution < -0.4 is 14.2 Å². The summed E-state index contributed by atoms with van der Waals surface area (Å²) in [7, 11) is 1.57. The number of fused-ring (bicyclic) bond motifs is 1. The number of imidazole rings is 1. The van der Waals surface area contributed by atoms with Crippen LogP contribution >= 0.6 is 11.8 Å². The first-order chi connectivity index (χ1) is 16.3. The van der Waals surface area contributed by atoms with Crippen molar-refractivity contribution in [3.63, 3.8) is 0 Å². The van der Waals surface area contributed by atoms with Gasteiger partial charge in [-0.3, -0.25) is 4.98 Å². The van der Waals surface area contributed by atoms with E-state index in [1.54, 1.807) is 19.4 Å². The number of thioether (sulfide) groups is 1. The first-order valence-electron chi connectivity index (χ1n) is 10.3. The minimum Gasteiger partial charge on any atom is -0.491 e. The Morgan fingerprint density at radius 1 is 1.06 bits per heavy atom. The van der Waals surface area contributed by atoms with E-state index >= 15 is 0 Å². The molecule has 34 heavy (non-hydrogen) atoms. The molecular weight excluding hydrogens is 467 g/mol. The number of H-pyrrole nitrogens is 1. The Morgan fingerprint density at radius 3 is 2.59 bits per heavy atom. The lowest BCUT2D eigenvalue weighted by atomic mass is 10.2. The SMILES string of the molecule is COc1cnc(CSc2nc3ccc(OCC(F)(F)F)cc3[nH]2)c(C)c1OCc1ccccc1. The van der Waals surface area contributed by atoms with Gasteiger partial charge < -0.3 is 19.2 Å². The van der Waals surface area contributed by atoms with E-state index < -0.39 is 12.8 Å². The minimum atomic E-state index is -4.39. The Hall–Kier alpha value is -3.40. The molecule has 2 aromatic heterocycles. The zero-order valence-electron chi connectivity index (χ0n) is 18.5. The van der Waals surface area contributed by atoms with Gasteiger partial charge in [-0.25, -0.2) is 4.98 Å². The van der Waals surface area contributed by atoms with E-state index in [0.717, 1.165) is 16.8 Å². The Bertz CT molecular complexity index is 1260. The first-order valence-corrected chi connectivity index (χ1v) is 11.3. The molecular formula is C24H22F3N3O3S. The van der Waals surface area contributed by atoms with Crippen molar-refractivity contribution in [1.82, 2.24) is 15.0 Å². The third-order valence-corrected chi connectivity index (χ3v) is 5.85. The van der Waals surface area contributed by atoms with E-state index in [2.05, 4.69) is 15.0 Å². The second-order valence-corrected chi connectivity index (χ2v) is 8.38. The maximum atomic E-state index is 12.4. The van der Waals surface area contributed by atoms with Gasteiger partial charge in [-0.15, -0.1) is 0 Å². The van der Waals surface area contributed by atoms with Crippen LogP contribution in [0.3, 0.4) is 0 Å². The van der Waals surface area contributed by atoms with Crippen LogP contribution in [0.15, 0.2) is 59.9 Å². The third kappa shape index (κ3) is 5.93. The van der Waals surface area contributed by atoms with E-state index in [1.807, 2.05) is 37.3 Å². The largest absolute Gasteiger partial charge is 0.491 e. The van der Waals surface area contributed by atoms with Crippen LogP contribution in [0.2, 0.25) is 0 Å². The fourth-order valence-electron chi connectivity index (χ4n) is 3.23. The standard InChI is InChI=1S/C24H22F3N3O3S/c1-15-20(28-11-21(31-2)22(15)32-12-16-6-4-3-5-7-16)13-34-23-29-18-9-8-17(10-19(18)30-23)33-14-24(25,26)27/h3-11H,12-14H2,1-2H3,(H,29,30). The maximum Gasteiger partial charge on any atom is 0.422 e. The highest BCUT2D eigenvalue weighted by atomic mass is 32.2. The van der Waals surface area contributed by atoms with Crippen LogP contribution in [0.5, 0.6) is 17.2 Å². The smallest absolute Gasteiger partial charge is 0.422 e. The summed E-state index contributed by atoms with van der Waals surface area (Å²) in [6, 6.07) is 14.4. The lowest BCUT2D eigenvalue weighted by Crippen LogP contribution is -2.19. The van der Waals surface area contributed by atoms with Crippen molar-refractivity contribution in [2.24, 2.45) is 0 Å². The summed E-state index contributed by atoms with van der Waals surface area (Å²) in [5, 5.41) is 0.617. The van der Waals surface area contributed by atoms with Gasteiger partial charge in [0.15, 0.2) is 23.3 Å². The van der Waals surface area contributed by atoms with E-state index in [4.69, 9.17) is 14.2 Å². The summed E-state index contributed by atoms with van der Waals surface area (Å²) in [4.78, 5) is 12.1. The molecule has 0 amide bonds. The van der Waals surface area contributed by atoms with Crippen LogP contribution in [0.1, 0.15) is 16.8 Å². The van der Waals surface area contributed by atoms with Crippen molar-refractivity contribution in [2.75, 3.05) is 13.7 Å². The van der Waals surface area contributed by atoms with Crippen molar-refractivity contribution >= 4 is 22.8 Å². The van der Waals surface area contributed by atoms with Crippen LogP contribution in [0.25, 0.3) is 11.0 Å². The summed E-state index contributed by atoms with van der Waals surface area (Å²) in [6.45, 7) is 0.983. The number of pyridine rings is 1. The number of methoxy groups -OCH3 is 1. The predicted molar refractivity (Wildman–Crippen MR) is 124 cm³/mol. The molecule has 10 heteroatoms. The highest BCUT2D eigenvalue weighted by molar-refractivity contribution is 7.98. The fraction of sp³-hybridized carbons (Fsp3) is 0.250. The molecule has 4 aromatic rings. The number of hydrogen-bond donors (Lipinski definition) is 1. The molecule has 0 aliphatic carbocycles. The monoisotopic (exact) mass is 489 g/mol. The molecule has 0 spiro atoms. The zero-order valence-corrected chi connectivity index (χ0v) is 19.3. The lowest BCUT2D eigenvalue weighted by molar-refractivity contribution is -0.153. The van der Waals surface area contributed by atoms with Crippen molar-refractivity contribution in [3.8, 4) is 17.2 Å². The topological polar surface area (TPSA) is 69.3 Å². The van der Waals surface area contributed by atoms with Gasteiger partial charge in [0.1, 0.15) is 12.4 Å². The van der Waals surface area contributed by atoms with Gasteiger partial charge >= 0.3 is 6.18 Å². The lowest BCUT2D eigenvalue weighted by Gasteiger charge is -2.15. The summed E-state index contributed by atoms with van der Waals surface area (Å²) in [5.74, 6) is 1.82. The molecule has 0 fully saturated rings. The molecule has 0 bridgehead atoms. The van der Waals surface area contributed by atoms with E-state index in [1.165, 1.54) is 23.9 Å². The number of hydrogen-bond acceptors (Lipinski definition) is 6. The molecule has 0 saturated carbocycles. The fourth-order valence-corrected chi connectivity index (χ4v) is 4.14. The number of benzene rings is 2. The minimum absolute atomic E-state index is 0.123. The molecule has 2 aromatic carbocycles. The molecule has 0 atom stereocenters. The summed E-state index contributed by atoms with van der Waals surface area (Å²) in [5.41, 5.74) is 3.93.